The molecule has 6 aromatic rings. The number of hydrogen-bond acceptors (Lipinski definition) is 11. The molecule has 2 heterocycles. The zero-order valence-electron chi connectivity index (χ0n) is 36.8. The van der Waals surface area contributed by atoms with E-state index in [1.54, 1.807) is 66.1 Å². The summed E-state index contributed by atoms with van der Waals surface area (Å²) in [4.78, 5) is 19.4. The van der Waals surface area contributed by atoms with Gasteiger partial charge in [0.25, 0.3) is 0 Å². The topological polar surface area (TPSA) is 164 Å². The first kappa shape index (κ1) is 45.5. The predicted octanol–water partition coefficient (Wildman–Crippen LogP) is 8.58. The van der Waals surface area contributed by atoms with Crippen LogP contribution in [0.3, 0.4) is 0 Å². The van der Waals surface area contributed by atoms with Crippen molar-refractivity contribution in [3.63, 3.8) is 0 Å². The summed E-state index contributed by atoms with van der Waals surface area (Å²) in [5, 5.41) is 64.6. The molecular weight excluding hydrogens is 845 g/mol. The minimum Gasteiger partial charge on any atom is -0.508 e. The minimum atomic E-state index is -1.61. The van der Waals surface area contributed by atoms with Crippen molar-refractivity contribution in [2.75, 3.05) is 27.0 Å². The van der Waals surface area contributed by atoms with E-state index >= 15 is 4.79 Å². The molecule has 1 fully saturated rings. The van der Waals surface area contributed by atoms with Gasteiger partial charge in [0.05, 0.1) is 31.8 Å². The molecule has 1 aliphatic heterocycles. The molecular formula is C52H58N2O8S2. The van der Waals surface area contributed by atoms with Gasteiger partial charge in [-0.3, -0.25) is 4.79 Å². The molecule has 8 rings (SSSR count). The molecule has 12 heteroatoms. The van der Waals surface area contributed by atoms with Crippen molar-refractivity contribution >= 4 is 38.1 Å². The summed E-state index contributed by atoms with van der Waals surface area (Å²) in [7, 11) is 8.20. The molecule has 6 unspecified atom stereocenters. The van der Waals surface area contributed by atoms with Gasteiger partial charge in [-0.1, -0.05) is 77.0 Å². The highest BCUT2D eigenvalue weighted by molar-refractivity contribution is 8.76. The third kappa shape index (κ3) is 8.83. The zero-order valence-corrected chi connectivity index (χ0v) is 38.4. The average molecular weight is 903 g/mol. The van der Waals surface area contributed by atoms with Gasteiger partial charge < -0.3 is 45.3 Å². The second-order valence-electron chi connectivity index (χ2n) is 17.4. The Hall–Kier alpha value is -5.11. The Morgan fingerprint density at radius 3 is 2.44 bits per heavy atom. The molecule has 7 N–H and O–H groups in total. The Bertz CT molecular complexity index is 2620. The molecule has 0 spiro atoms. The van der Waals surface area contributed by atoms with Crippen LogP contribution in [-0.2, 0) is 54.6 Å². The van der Waals surface area contributed by atoms with Crippen molar-refractivity contribution in [2.24, 2.45) is 17.8 Å². The van der Waals surface area contributed by atoms with E-state index in [4.69, 9.17) is 9.47 Å². The van der Waals surface area contributed by atoms with Gasteiger partial charge in [0, 0.05) is 48.3 Å². The summed E-state index contributed by atoms with van der Waals surface area (Å²) in [5.41, 5.74) is 6.49. The maximum atomic E-state index is 16.2. The van der Waals surface area contributed by atoms with Gasteiger partial charge in [0.1, 0.15) is 5.75 Å². The Kier molecular flexibility index (Phi) is 13.9. The summed E-state index contributed by atoms with van der Waals surface area (Å²) in [6.07, 6.45) is 3.72. The molecule has 1 saturated carbocycles. The number of aromatic hydroxyl groups is 3. The first-order valence-electron chi connectivity index (χ1n) is 22.0. The number of H-pyrrole nitrogens is 1. The second kappa shape index (κ2) is 19.6. The van der Waals surface area contributed by atoms with E-state index in [1.807, 2.05) is 30.6 Å². The smallest absolute Gasteiger partial charge is 0.164 e. The third-order valence-corrected chi connectivity index (χ3v) is 16.1. The van der Waals surface area contributed by atoms with Crippen LogP contribution in [0.25, 0.3) is 10.8 Å². The number of phenols is 3. The van der Waals surface area contributed by atoms with E-state index in [-0.39, 0.29) is 41.6 Å². The predicted molar refractivity (Wildman–Crippen MR) is 256 cm³/mol. The Balaban J connectivity index is 1.32. The lowest BCUT2D eigenvalue weighted by Gasteiger charge is -2.49. The lowest BCUT2D eigenvalue weighted by Crippen LogP contribution is -2.61. The average Bonchev–Trinajstić information content (AvgIpc) is 3.80. The van der Waals surface area contributed by atoms with E-state index in [1.165, 1.54) is 35.3 Å². The van der Waals surface area contributed by atoms with Crippen LogP contribution in [-0.4, -0.2) is 75.5 Å². The van der Waals surface area contributed by atoms with Gasteiger partial charge in [0.15, 0.2) is 28.8 Å². The number of aromatic nitrogens is 1. The van der Waals surface area contributed by atoms with Gasteiger partial charge in [0.2, 0.25) is 0 Å². The van der Waals surface area contributed by atoms with Crippen molar-refractivity contribution < 1.29 is 39.8 Å². The molecule has 0 amide bonds. The maximum absolute atomic E-state index is 16.2. The lowest BCUT2D eigenvalue weighted by molar-refractivity contribution is -0.149. The molecule has 0 bridgehead atoms. The molecule has 6 atom stereocenters. The molecule has 2 aliphatic rings. The Labute approximate surface area is 382 Å². The van der Waals surface area contributed by atoms with E-state index < -0.39 is 35.4 Å². The van der Waals surface area contributed by atoms with Crippen LogP contribution in [0.4, 0.5) is 0 Å². The number of carbonyl (C=O) groups excluding carboxylic acids is 1. The number of methoxy groups -OCH3 is 2. The summed E-state index contributed by atoms with van der Waals surface area (Å²) >= 11 is 0. The fraction of sp³-hybridized carbons (Fsp3) is 0.365. The third-order valence-electron chi connectivity index (χ3n) is 13.6. The summed E-state index contributed by atoms with van der Waals surface area (Å²) in [5.74, 6) is -0.430. The number of aliphatic hydroxyl groups excluding tert-OH is 2. The quantitative estimate of drug-likeness (QED) is 0.0659. The summed E-state index contributed by atoms with van der Waals surface area (Å²) in [6, 6.07) is 26.4. The summed E-state index contributed by atoms with van der Waals surface area (Å²) in [6.45, 7) is 2.57. The Morgan fingerprint density at radius 1 is 0.859 bits per heavy atom. The number of nitrogens with one attached hydrogen (secondary N) is 2. The highest BCUT2D eigenvalue weighted by atomic mass is 33.1. The zero-order chi connectivity index (χ0) is 45.1. The fourth-order valence-electron chi connectivity index (χ4n) is 10.5. The number of aryl methyl sites for hydroxylation is 1. The molecule has 64 heavy (non-hydrogen) atoms. The van der Waals surface area contributed by atoms with Gasteiger partial charge >= 0.3 is 0 Å². The normalized spacial score (nSPS) is 22.8. The van der Waals surface area contributed by atoms with Gasteiger partial charge in [-0.25, -0.2) is 0 Å². The fourth-order valence-corrected chi connectivity index (χ4v) is 13.1. The number of aliphatic hydroxyl groups is 2. The molecule has 1 aliphatic carbocycles. The second-order valence-corrected chi connectivity index (χ2v) is 19.9. The van der Waals surface area contributed by atoms with E-state index in [0.717, 1.165) is 34.1 Å². The Morgan fingerprint density at radius 2 is 1.69 bits per heavy atom. The number of hydrogen-bond donors (Lipinski definition) is 7. The number of phenolic OH excluding ortho intramolecular Hbond substituents is 3. The van der Waals surface area contributed by atoms with Crippen molar-refractivity contribution in [1.82, 2.24) is 10.3 Å². The van der Waals surface area contributed by atoms with E-state index in [0.29, 0.717) is 54.2 Å². The molecule has 10 nitrogen and oxygen atoms in total. The number of benzene rings is 5. The number of aromatic amines is 1. The largest absolute Gasteiger partial charge is 0.508 e. The SMILES string of the molecule is CCc1ccc2cccc3c2c1Cc1c(ccc(O)c1OC)CC(Cc1cc[nH]c1)C(O)C1C(=O)C(Cc2ccc(O)c(OC)c2)(c2cc(O)cc(CNC)c2)C(O)CC1CSSC3. The van der Waals surface area contributed by atoms with Crippen LogP contribution >= 0.6 is 21.6 Å². The maximum Gasteiger partial charge on any atom is 0.164 e. The monoisotopic (exact) mass is 902 g/mol. The van der Waals surface area contributed by atoms with Crippen LogP contribution in [0, 0.1) is 17.8 Å². The van der Waals surface area contributed by atoms with Crippen molar-refractivity contribution in [3.8, 4) is 28.7 Å². The van der Waals surface area contributed by atoms with E-state index in [2.05, 4.69) is 47.6 Å². The number of ether oxygens (including phenoxy) is 2. The number of ketones is 1. The van der Waals surface area contributed by atoms with Gasteiger partial charge in [-0.15, -0.1) is 0 Å². The molecule has 1 aromatic heterocycles. The van der Waals surface area contributed by atoms with Gasteiger partial charge in [-0.05, 0) is 143 Å². The molecule has 0 saturated heterocycles. The van der Waals surface area contributed by atoms with Crippen molar-refractivity contribution in [1.29, 1.82) is 0 Å². The number of fused-ring (bicyclic) bond motifs is 2. The molecule has 336 valence electrons. The van der Waals surface area contributed by atoms with Crippen LogP contribution in [0.2, 0.25) is 0 Å². The van der Waals surface area contributed by atoms with Crippen LogP contribution in [0.1, 0.15) is 63.4 Å². The van der Waals surface area contributed by atoms with Crippen LogP contribution < -0.4 is 14.8 Å². The van der Waals surface area contributed by atoms with Crippen LogP contribution in [0.15, 0.2) is 97.3 Å². The lowest BCUT2D eigenvalue weighted by atomic mass is 9.55. The number of Topliss-reactive ketones (excluding diaryl/α,β-unsaturated/α-hetero) is 1. The first-order valence-corrected chi connectivity index (χ1v) is 24.5. The summed E-state index contributed by atoms with van der Waals surface area (Å²) < 4.78 is 11.5. The van der Waals surface area contributed by atoms with Crippen LogP contribution in [0.5, 0.6) is 28.7 Å². The highest BCUT2D eigenvalue weighted by Gasteiger charge is 2.57. The molecule has 5 aromatic carbocycles. The minimum absolute atomic E-state index is 0.0216. The van der Waals surface area contributed by atoms with Crippen molar-refractivity contribution in [2.45, 2.75) is 75.4 Å². The highest BCUT2D eigenvalue weighted by Crippen LogP contribution is 2.50. The number of rotatable bonds is 10. The van der Waals surface area contributed by atoms with Gasteiger partial charge in [-0.2, -0.15) is 0 Å². The molecule has 0 radical (unpaired) electrons. The van der Waals surface area contributed by atoms with E-state index in [9.17, 15) is 25.5 Å². The standard InChI is InChI=1S/C52H58N2O8S2/c1-5-33-10-11-34-7-6-8-36-28-63-64-29-38-22-46(58)52(25-30-9-13-43(56)45(20-30)61-3,39-18-32(26-53-2)19-40(55)23-39)51(60)48(38)49(59)37(17-31-15-16-54-27-31)21-35-12-14-44(57)50(62-4)42(35)24-41(33)47(34)36/h6-16,18-20,23,27,37-38,46,48-49,53-59H,5,17,21-22,24-26,28-29H2,1-4H3. The number of carbonyl (C=O) groups is 1. The van der Waals surface area contributed by atoms with Crippen molar-refractivity contribution in [3.05, 3.63) is 147 Å². The first-order chi connectivity index (χ1) is 31.0.